The van der Waals surface area contributed by atoms with Crippen molar-refractivity contribution < 1.29 is 13.2 Å². The van der Waals surface area contributed by atoms with E-state index in [0.29, 0.717) is 5.69 Å². The Labute approximate surface area is 168 Å². The zero-order chi connectivity index (χ0) is 20.9. The van der Waals surface area contributed by atoms with Crippen LogP contribution < -0.4 is 9.62 Å². The number of carbonyl (C=O) groups excluding carboxylic acids is 1. The summed E-state index contributed by atoms with van der Waals surface area (Å²) >= 11 is 0. The fraction of sp³-hybridized carbons (Fsp3) is 0.409. The highest BCUT2D eigenvalue weighted by Gasteiger charge is 2.29. The fourth-order valence-corrected chi connectivity index (χ4v) is 4.51. The molecule has 0 unspecified atom stereocenters. The predicted octanol–water partition coefficient (Wildman–Crippen LogP) is 3.60. The van der Waals surface area contributed by atoms with Crippen LogP contribution in [0.15, 0.2) is 48.5 Å². The van der Waals surface area contributed by atoms with E-state index in [2.05, 4.69) is 17.4 Å². The SMILES string of the molecule is Cc1cc(C)cc(N([C@H](C)C(=O)N[C@@H](C)CCc2ccccc2)S(C)(=O)=O)c1. The van der Waals surface area contributed by atoms with Crippen LogP contribution in [-0.4, -0.2) is 32.7 Å². The molecule has 5 nitrogen and oxygen atoms in total. The van der Waals surface area contributed by atoms with Crippen molar-refractivity contribution in [2.24, 2.45) is 0 Å². The zero-order valence-electron chi connectivity index (χ0n) is 17.3. The van der Waals surface area contributed by atoms with Gasteiger partial charge in [0, 0.05) is 6.04 Å². The van der Waals surface area contributed by atoms with Crippen LogP contribution in [0, 0.1) is 13.8 Å². The lowest BCUT2D eigenvalue weighted by atomic mass is 10.1. The molecule has 0 aliphatic carbocycles. The molecule has 0 fully saturated rings. The summed E-state index contributed by atoms with van der Waals surface area (Å²) < 4.78 is 26.1. The van der Waals surface area contributed by atoms with E-state index >= 15 is 0 Å². The van der Waals surface area contributed by atoms with Crippen LogP contribution in [0.5, 0.6) is 0 Å². The molecule has 0 spiro atoms. The summed E-state index contributed by atoms with van der Waals surface area (Å²) in [5.41, 5.74) is 3.63. The lowest BCUT2D eigenvalue weighted by Crippen LogP contribution is -2.50. The van der Waals surface area contributed by atoms with Gasteiger partial charge in [0.2, 0.25) is 15.9 Å². The molecule has 1 amide bonds. The van der Waals surface area contributed by atoms with Gasteiger partial charge < -0.3 is 5.32 Å². The maximum absolute atomic E-state index is 12.8. The van der Waals surface area contributed by atoms with E-state index in [0.717, 1.165) is 30.2 Å². The number of carbonyl (C=O) groups is 1. The molecule has 6 heteroatoms. The number of hydrogen-bond donors (Lipinski definition) is 1. The molecule has 0 saturated carbocycles. The lowest BCUT2D eigenvalue weighted by Gasteiger charge is -2.29. The Morgan fingerprint density at radius 2 is 1.61 bits per heavy atom. The number of aryl methyl sites for hydroxylation is 3. The normalized spacial score (nSPS) is 13.6. The first-order valence-electron chi connectivity index (χ1n) is 9.50. The number of nitrogens with zero attached hydrogens (tertiary/aromatic N) is 1. The number of rotatable bonds is 8. The third-order valence-corrected chi connectivity index (χ3v) is 5.89. The minimum Gasteiger partial charge on any atom is -0.352 e. The molecular weight excluding hydrogens is 372 g/mol. The van der Waals surface area contributed by atoms with E-state index in [1.165, 1.54) is 9.87 Å². The van der Waals surface area contributed by atoms with Crippen molar-refractivity contribution in [2.75, 3.05) is 10.6 Å². The summed E-state index contributed by atoms with van der Waals surface area (Å²) in [4.78, 5) is 12.8. The maximum Gasteiger partial charge on any atom is 0.243 e. The van der Waals surface area contributed by atoms with E-state index in [-0.39, 0.29) is 11.9 Å². The quantitative estimate of drug-likeness (QED) is 0.734. The first-order chi connectivity index (χ1) is 13.1. The van der Waals surface area contributed by atoms with E-state index < -0.39 is 16.1 Å². The second-order valence-corrected chi connectivity index (χ2v) is 9.37. The van der Waals surface area contributed by atoms with Gasteiger partial charge in [0.15, 0.2) is 0 Å². The van der Waals surface area contributed by atoms with Gasteiger partial charge in [0.1, 0.15) is 6.04 Å². The molecule has 0 heterocycles. The number of amides is 1. The average molecular weight is 403 g/mol. The highest BCUT2D eigenvalue weighted by Crippen LogP contribution is 2.24. The number of benzene rings is 2. The second kappa shape index (κ2) is 9.24. The summed E-state index contributed by atoms with van der Waals surface area (Å²) in [5, 5.41) is 2.96. The summed E-state index contributed by atoms with van der Waals surface area (Å²) in [5.74, 6) is -0.301. The van der Waals surface area contributed by atoms with Gasteiger partial charge in [-0.2, -0.15) is 0 Å². The van der Waals surface area contributed by atoms with Crippen LogP contribution in [0.2, 0.25) is 0 Å². The van der Waals surface area contributed by atoms with Crippen molar-refractivity contribution >= 4 is 21.6 Å². The largest absolute Gasteiger partial charge is 0.352 e. The van der Waals surface area contributed by atoms with Crippen LogP contribution >= 0.6 is 0 Å². The molecule has 2 rings (SSSR count). The minimum absolute atomic E-state index is 0.0594. The van der Waals surface area contributed by atoms with E-state index in [1.807, 2.05) is 45.0 Å². The van der Waals surface area contributed by atoms with Crippen molar-refractivity contribution in [1.82, 2.24) is 5.32 Å². The van der Waals surface area contributed by atoms with Crippen molar-refractivity contribution in [3.05, 3.63) is 65.2 Å². The number of anilines is 1. The molecule has 1 N–H and O–H groups in total. The van der Waals surface area contributed by atoms with Crippen molar-refractivity contribution in [3.8, 4) is 0 Å². The Bertz CT molecular complexity index is 890. The minimum atomic E-state index is -3.61. The van der Waals surface area contributed by atoms with E-state index in [9.17, 15) is 13.2 Å². The van der Waals surface area contributed by atoms with E-state index in [1.54, 1.807) is 19.1 Å². The molecule has 2 aromatic carbocycles. The van der Waals surface area contributed by atoms with Gasteiger partial charge in [-0.15, -0.1) is 0 Å². The summed E-state index contributed by atoms with van der Waals surface area (Å²) in [7, 11) is -3.61. The van der Waals surface area contributed by atoms with Gasteiger partial charge in [-0.1, -0.05) is 36.4 Å². The molecule has 0 aromatic heterocycles. The molecule has 0 radical (unpaired) electrons. The number of hydrogen-bond acceptors (Lipinski definition) is 3. The predicted molar refractivity (Wildman–Crippen MR) is 115 cm³/mol. The van der Waals surface area contributed by atoms with Crippen molar-refractivity contribution in [1.29, 1.82) is 0 Å². The van der Waals surface area contributed by atoms with Gasteiger partial charge in [0.05, 0.1) is 11.9 Å². The molecule has 152 valence electrons. The highest BCUT2D eigenvalue weighted by atomic mass is 32.2. The van der Waals surface area contributed by atoms with Crippen LogP contribution in [-0.2, 0) is 21.2 Å². The molecule has 0 aliphatic rings. The van der Waals surface area contributed by atoms with E-state index in [4.69, 9.17) is 0 Å². The Balaban J connectivity index is 2.11. The average Bonchev–Trinajstić information content (AvgIpc) is 2.59. The molecule has 28 heavy (non-hydrogen) atoms. The molecule has 2 atom stereocenters. The summed E-state index contributed by atoms with van der Waals surface area (Å²) in [6.07, 6.45) is 2.77. The molecule has 2 aromatic rings. The first kappa shape index (κ1) is 22.0. The number of nitrogens with one attached hydrogen (secondary N) is 1. The van der Waals surface area contributed by atoms with Crippen LogP contribution in [0.4, 0.5) is 5.69 Å². The maximum atomic E-state index is 12.8. The summed E-state index contributed by atoms with van der Waals surface area (Å²) in [6.45, 7) is 7.38. The lowest BCUT2D eigenvalue weighted by molar-refractivity contribution is -0.122. The first-order valence-corrected chi connectivity index (χ1v) is 11.3. The fourth-order valence-electron chi connectivity index (χ4n) is 3.35. The topological polar surface area (TPSA) is 66.5 Å². The van der Waals surface area contributed by atoms with Gasteiger partial charge in [-0.3, -0.25) is 9.10 Å². The third-order valence-electron chi connectivity index (χ3n) is 4.65. The van der Waals surface area contributed by atoms with Crippen molar-refractivity contribution in [2.45, 2.75) is 52.6 Å². The van der Waals surface area contributed by atoms with Gasteiger partial charge >= 0.3 is 0 Å². The standard InChI is InChI=1S/C22H30N2O3S/c1-16-13-17(2)15-21(14-16)24(28(5,26)27)19(4)22(25)23-18(3)11-12-20-9-7-6-8-10-20/h6-10,13-15,18-19H,11-12H2,1-5H3,(H,23,25)/t18-,19+/m0/s1. The van der Waals surface area contributed by atoms with Gasteiger partial charge in [0.25, 0.3) is 0 Å². The number of sulfonamides is 1. The summed E-state index contributed by atoms with van der Waals surface area (Å²) in [6, 6.07) is 14.7. The molecular formula is C22H30N2O3S. The monoisotopic (exact) mass is 402 g/mol. The van der Waals surface area contributed by atoms with Gasteiger partial charge in [-0.05, 0) is 69.4 Å². The van der Waals surface area contributed by atoms with Crippen molar-refractivity contribution in [3.63, 3.8) is 0 Å². The Morgan fingerprint density at radius 1 is 1.04 bits per heavy atom. The second-order valence-electron chi connectivity index (χ2n) is 7.51. The highest BCUT2D eigenvalue weighted by molar-refractivity contribution is 7.92. The molecule has 0 bridgehead atoms. The Morgan fingerprint density at radius 3 is 2.14 bits per heavy atom. The molecule has 0 aliphatic heterocycles. The van der Waals surface area contributed by atoms with Crippen LogP contribution in [0.3, 0.4) is 0 Å². The Kier molecular flexibility index (Phi) is 7.24. The van der Waals surface area contributed by atoms with Gasteiger partial charge in [-0.25, -0.2) is 8.42 Å². The zero-order valence-corrected chi connectivity index (χ0v) is 18.1. The van der Waals surface area contributed by atoms with Crippen LogP contribution in [0.1, 0.15) is 37.0 Å². The molecule has 0 saturated heterocycles. The van der Waals surface area contributed by atoms with Crippen LogP contribution in [0.25, 0.3) is 0 Å². The smallest absolute Gasteiger partial charge is 0.243 e. The Hall–Kier alpha value is -2.34. The third kappa shape index (κ3) is 6.09.